The van der Waals surface area contributed by atoms with Gasteiger partial charge >= 0.3 is 0 Å². The lowest BCUT2D eigenvalue weighted by molar-refractivity contribution is 1.19. The van der Waals surface area contributed by atoms with Crippen LogP contribution in [0.5, 0.6) is 0 Å². The van der Waals surface area contributed by atoms with E-state index in [-0.39, 0.29) is 18.0 Å². The van der Waals surface area contributed by atoms with Crippen molar-refractivity contribution in [2.75, 3.05) is 0 Å². The van der Waals surface area contributed by atoms with E-state index in [4.69, 9.17) is 24.0 Å². The van der Waals surface area contributed by atoms with Crippen molar-refractivity contribution in [3.8, 4) is 24.7 Å². The molecule has 0 aromatic heterocycles. The normalized spacial score (nSPS) is 38.4. The van der Waals surface area contributed by atoms with Crippen LogP contribution < -0.4 is 0 Å². The Morgan fingerprint density at radius 1 is 1.20 bits per heavy atom. The summed E-state index contributed by atoms with van der Waals surface area (Å²) in [4.78, 5) is 0. The molecule has 4 heteroatoms. The lowest BCUT2D eigenvalue weighted by Gasteiger charge is -1.99. The predicted octanol–water partition coefficient (Wildman–Crippen LogP) is 1.38. The predicted molar refractivity (Wildman–Crippen MR) is 55.2 cm³/mol. The maximum absolute atomic E-state index is 5.24. The van der Waals surface area contributed by atoms with Crippen LogP contribution in [0.3, 0.4) is 0 Å². The number of hydrogen-bond acceptors (Lipinski definition) is 3. The van der Waals surface area contributed by atoms with Crippen LogP contribution in [0.15, 0.2) is 0 Å². The van der Waals surface area contributed by atoms with Crippen molar-refractivity contribution in [2.24, 2.45) is 0 Å². The summed E-state index contributed by atoms with van der Waals surface area (Å²) in [5.74, 6) is 5.27. The van der Waals surface area contributed by atoms with Crippen molar-refractivity contribution in [1.29, 1.82) is 0 Å². The topological polar surface area (TPSA) is 0 Å². The van der Waals surface area contributed by atoms with Gasteiger partial charge in [-0.2, -0.15) is 0 Å². The molecule has 2 atom stereocenters. The van der Waals surface area contributed by atoms with Crippen molar-refractivity contribution in [1.82, 2.24) is 0 Å². The average molecular weight is 204 g/mol. The zero-order chi connectivity index (χ0) is 7.56. The molecule has 1 rings (SSSR count). The lowest BCUT2D eigenvalue weighted by atomic mass is 10.3. The molecule has 0 aliphatic carbocycles. The monoisotopic (exact) mass is 204 g/mol. The number of terminal acetylenes is 2. The molecule has 0 aromatic carbocycles. The van der Waals surface area contributed by atoms with Gasteiger partial charge in [-0.1, -0.05) is 33.4 Å². The van der Waals surface area contributed by atoms with Crippen LogP contribution in [-0.2, 0) is 18.7 Å². The van der Waals surface area contributed by atoms with E-state index in [1.807, 2.05) is 0 Å². The molecule has 0 saturated carbocycles. The van der Waals surface area contributed by atoms with E-state index in [0.29, 0.717) is 0 Å². The summed E-state index contributed by atoms with van der Waals surface area (Å²) in [5.41, 5.74) is 0. The van der Waals surface area contributed by atoms with Gasteiger partial charge < -0.3 is 0 Å². The van der Waals surface area contributed by atoms with Crippen LogP contribution in [0, 0.1) is 24.7 Å². The highest BCUT2D eigenvalue weighted by Gasteiger charge is 2.28. The molecule has 0 aromatic rings. The summed E-state index contributed by atoms with van der Waals surface area (Å²) in [5, 5.41) is 0.270. The Hall–Kier alpha value is 0.390. The van der Waals surface area contributed by atoms with Crippen molar-refractivity contribution >= 4 is 40.3 Å². The molecule has 1 heterocycles. The zero-order valence-electron chi connectivity index (χ0n) is 4.94. The van der Waals surface area contributed by atoms with Crippen LogP contribution in [0.1, 0.15) is 0 Å². The highest BCUT2D eigenvalue weighted by Crippen LogP contribution is 2.41. The van der Waals surface area contributed by atoms with Crippen LogP contribution in [0.2, 0.25) is 0 Å². The minimum Gasteiger partial charge on any atom is -0.119 e. The number of rotatable bonds is 0. The fourth-order valence-corrected chi connectivity index (χ4v) is 7.74. The zero-order valence-corrected chi connectivity index (χ0v) is 8.21. The second kappa shape index (κ2) is 3.69. The van der Waals surface area contributed by atoms with E-state index in [1.165, 1.54) is 0 Å². The van der Waals surface area contributed by atoms with E-state index in [2.05, 4.69) is 11.8 Å². The molecule has 0 radical (unpaired) electrons. The smallest absolute Gasteiger partial charge is 0.101 e. The molecule has 0 nitrogen and oxygen atoms in total. The molecule has 0 amide bonds. The molecule has 1 aliphatic rings. The number of hydrogen-bond donors (Lipinski definition) is 0. The van der Waals surface area contributed by atoms with E-state index in [9.17, 15) is 0 Å². The lowest BCUT2D eigenvalue weighted by Crippen LogP contribution is -2.09. The third-order valence-corrected chi connectivity index (χ3v) is 7.70. The SMILES string of the molecule is C#CC1SS(=S)SC1C#C. The van der Waals surface area contributed by atoms with Crippen molar-refractivity contribution < 1.29 is 0 Å². The first-order valence-electron chi connectivity index (χ1n) is 2.46. The third kappa shape index (κ3) is 1.71. The molecule has 10 heavy (non-hydrogen) atoms. The van der Waals surface area contributed by atoms with Gasteiger partial charge in [0.05, 0.1) is 0 Å². The van der Waals surface area contributed by atoms with Gasteiger partial charge in [-0.05, 0) is 18.7 Å². The van der Waals surface area contributed by atoms with Gasteiger partial charge in [0.25, 0.3) is 0 Å². The minimum atomic E-state index is -0.101. The molecule has 0 spiro atoms. The second-order valence-electron chi connectivity index (χ2n) is 1.57. The fraction of sp³-hybridized carbons (Fsp3) is 0.333. The summed E-state index contributed by atoms with van der Waals surface area (Å²) < 4.78 is 0. The Kier molecular flexibility index (Phi) is 3.13. The maximum atomic E-state index is 5.24. The Labute approximate surface area is 75.3 Å². The van der Waals surface area contributed by atoms with Crippen molar-refractivity contribution in [3.05, 3.63) is 0 Å². The Balaban J connectivity index is 2.71. The van der Waals surface area contributed by atoms with Crippen LogP contribution in [0.25, 0.3) is 0 Å². The molecule has 52 valence electrons. The van der Waals surface area contributed by atoms with Gasteiger partial charge in [0.15, 0.2) is 0 Å². The summed E-state index contributed by atoms with van der Waals surface area (Å²) in [6.07, 6.45) is 10.5. The summed E-state index contributed by atoms with van der Waals surface area (Å²) in [6.45, 7) is 0. The highest BCUT2D eigenvalue weighted by molar-refractivity contribution is 9.13. The molecular formula is C6H4S4. The van der Waals surface area contributed by atoms with Gasteiger partial charge in [-0.15, -0.1) is 12.8 Å². The first-order valence-corrected chi connectivity index (χ1v) is 7.40. The maximum Gasteiger partial charge on any atom is 0.101 e. The second-order valence-corrected chi connectivity index (χ2v) is 9.43. The minimum absolute atomic E-state index is 0.101. The molecule has 0 bridgehead atoms. The van der Waals surface area contributed by atoms with Crippen LogP contribution >= 0.6 is 21.6 Å². The molecular weight excluding hydrogens is 200 g/mol. The molecule has 2 unspecified atom stereocenters. The Morgan fingerprint density at radius 2 is 1.60 bits per heavy atom. The standard InChI is InChI=1S/C6H4S4/c1-3-5-6(4-2)9-10(7)8-5/h1-2,5-6H. The van der Waals surface area contributed by atoms with Crippen molar-refractivity contribution in [3.63, 3.8) is 0 Å². The van der Waals surface area contributed by atoms with Gasteiger partial charge in [0.1, 0.15) is 10.5 Å². The van der Waals surface area contributed by atoms with E-state index >= 15 is 0 Å². The Morgan fingerprint density at radius 3 is 1.90 bits per heavy atom. The fourth-order valence-electron chi connectivity index (χ4n) is 0.523. The van der Waals surface area contributed by atoms with Crippen molar-refractivity contribution in [2.45, 2.75) is 10.5 Å². The van der Waals surface area contributed by atoms with E-state index < -0.39 is 0 Å². The largest absolute Gasteiger partial charge is 0.119 e. The molecule has 1 saturated heterocycles. The van der Waals surface area contributed by atoms with Gasteiger partial charge in [0, 0.05) is 0 Å². The quantitative estimate of drug-likeness (QED) is 0.432. The van der Waals surface area contributed by atoms with Crippen LogP contribution in [-0.4, -0.2) is 10.5 Å². The molecule has 0 N–H and O–H groups in total. The first kappa shape index (κ1) is 8.49. The third-order valence-electron chi connectivity index (χ3n) is 0.968. The summed E-state index contributed by atoms with van der Waals surface area (Å²) in [6, 6.07) is 0. The Bertz CT molecular complexity index is 207. The van der Waals surface area contributed by atoms with Gasteiger partial charge in [0.2, 0.25) is 0 Å². The highest BCUT2D eigenvalue weighted by atomic mass is 33.7. The van der Waals surface area contributed by atoms with Crippen LogP contribution in [0.4, 0.5) is 0 Å². The van der Waals surface area contributed by atoms with E-state index in [0.717, 1.165) is 0 Å². The molecule has 1 aliphatic heterocycles. The summed E-state index contributed by atoms with van der Waals surface area (Å²) >= 11 is 5.05. The molecule has 1 fully saturated rings. The summed E-state index contributed by atoms with van der Waals surface area (Å²) in [7, 11) is 3.15. The van der Waals surface area contributed by atoms with E-state index in [1.54, 1.807) is 21.6 Å². The average Bonchev–Trinajstić information content (AvgIpc) is 2.30. The van der Waals surface area contributed by atoms with Gasteiger partial charge in [-0.25, -0.2) is 0 Å². The first-order chi connectivity index (χ1) is 4.77. The van der Waals surface area contributed by atoms with Gasteiger partial charge in [-0.3, -0.25) is 0 Å².